The molecule has 1 aliphatic heterocycles. The molecular weight excluding hydrogens is 98.1 g/mol. The Balaban J connectivity index is 1.89. The van der Waals surface area contributed by atoms with Gasteiger partial charge in [-0.2, -0.15) is 0 Å². The van der Waals surface area contributed by atoms with Crippen molar-refractivity contribution in [1.82, 2.24) is 5.32 Å². The SMILES string of the molecule is C1CC[C@@H]2C[C@H]2NC1. The van der Waals surface area contributed by atoms with Crippen LogP contribution in [-0.2, 0) is 0 Å². The van der Waals surface area contributed by atoms with Crippen LogP contribution in [0.15, 0.2) is 0 Å². The van der Waals surface area contributed by atoms with Crippen LogP contribution in [0.1, 0.15) is 25.7 Å². The van der Waals surface area contributed by atoms with Crippen LogP contribution in [0, 0.1) is 5.92 Å². The molecule has 0 amide bonds. The van der Waals surface area contributed by atoms with Crippen molar-refractivity contribution in [1.29, 1.82) is 0 Å². The summed E-state index contributed by atoms with van der Waals surface area (Å²) in [6.45, 7) is 1.28. The number of nitrogens with one attached hydrogen (secondary N) is 1. The lowest BCUT2D eigenvalue weighted by atomic mass is 10.2. The molecule has 46 valence electrons. The minimum atomic E-state index is 0.942. The van der Waals surface area contributed by atoms with Crippen molar-refractivity contribution in [2.45, 2.75) is 31.7 Å². The van der Waals surface area contributed by atoms with Crippen molar-refractivity contribution >= 4 is 0 Å². The van der Waals surface area contributed by atoms with Crippen LogP contribution in [0.4, 0.5) is 0 Å². The van der Waals surface area contributed by atoms with E-state index < -0.39 is 0 Å². The third-order valence-electron chi connectivity index (χ3n) is 2.33. The van der Waals surface area contributed by atoms with E-state index >= 15 is 0 Å². The molecule has 1 aliphatic carbocycles. The summed E-state index contributed by atoms with van der Waals surface area (Å²) >= 11 is 0. The highest BCUT2D eigenvalue weighted by molar-refractivity contribution is 4.94. The Morgan fingerprint density at radius 3 is 3.25 bits per heavy atom. The van der Waals surface area contributed by atoms with Crippen molar-refractivity contribution in [3.8, 4) is 0 Å². The molecule has 1 saturated carbocycles. The summed E-state index contributed by atoms with van der Waals surface area (Å²) in [4.78, 5) is 0. The average Bonchev–Trinajstić information content (AvgIpc) is 2.36. The van der Waals surface area contributed by atoms with Gasteiger partial charge in [-0.3, -0.25) is 0 Å². The number of hydrogen-bond acceptors (Lipinski definition) is 1. The highest BCUT2D eigenvalue weighted by Crippen LogP contribution is 2.36. The summed E-state index contributed by atoms with van der Waals surface area (Å²) in [7, 11) is 0. The average molecular weight is 111 g/mol. The minimum Gasteiger partial charge on any atom is -0.314 e. The minimum absolute atomic E-state index is 0.942. The second kappa shape index (κ2) is 1.73. The fraction of sp³-hybridized carbons (Fsp3) is 1.00. The predicted octanol–water partition coefficient (Wildman–Crippen LogP) is 1.15. The van der Waals surface area contributed by atoms with Crippen LogP contribution in [0.25, 0.3) is 0 Å². The summed E-state index contributed by atoms with van der Waals surface area (Å²) < 4.78 is 0. The first-order valence-electron chi connectivity index (χ1n) is 3.70. The standard InChI is InChI=1S/C7H13N/c1-2-4-8-7-5-6(7)3-1/h6-8H,1-5H2/t6-,7-/m1/s1. The molecule has 8 heavy (non-hydrogen) atoms. The van der Waals surface area contributed by atoms with Gasteiger partial charge in [0.2, 0.25) is 0 Å². The predicted molar refractivity (Wildman–Crippen MR) is 33.7 cm³/mol. The molecule has 1 nitrogen and oxygen atoms in total. The third kappa shape index (κ3) is 0.752. The molecule has 1 heteroatoms. The fourth-order valence-corrected chi connectivity index (χ4v) is 1.64. The zero-order valence-corrected chi connectivity index (χ0v) is 5.19. The lowest BCUT2D eigenvalue weighted by Gasteiger charge is -1.94. The van der Waals surface area contributed by atoms with Crippen molar-refractivity contribution in [2.24, 2.45) is 5.92 Å². The van der Waals surface area contributed by atoms with E-state index in [4.69, 9.17) is 0 Å². The largest absolute Gasteiger partial charge is 0.314 e. The lowest BCUT2D eigenvalue weighted by molar-refractivity contribution is 0.656. The molecule has 0 bridgehead atoms. The van der Waals surface area contributed by atoms with Crippen molar-refractivity contribution in [3.63, 3.8) is 0 Å². The van der Waals surface area contributed by atoms with Gasteiger partial charge < -0.3 is 5.32 Å². The van der Waals surface area contributed by atoms with Crippen molar-refractivity contribution in [2.75, 3.05) is 6.54 Å². The van der Waals surface area contributed by atoms with Crippen LogP contribution in [0.3, 0.4) is 0 Å². The molecule has 2 rings (SSSR count). The Morgan fingerprint density at radius 2 is 2.25 bits per heavy atom. The van der Waals surface area contributed by atoms with Crippen LogP contribution in [0.5, 0.6) is 0 Å². The topological polar surface area (TPSA) is 12.0 Å². The summed E-state index contributed by atoms with van der Waals surface area (Å²) in [5, 5.41) is 3.52. The van der Waals surface area contributed by atoms with E-state index in [1.165, 1.54) is 32.2 Å². The van der Waals surface area contributed by atoms with Gasteiger partial charge in [0, 0.05) is 6.04 Å². The van der Waals surface area contributed by atoms with Gasteiger partial charge in [-0.05, 0) is 31.7 Å². The second-order valence-electron chi connectivity index (χ2n) is 3.05. The molecule has 0 spiro atoms. The van der Waals surface area contributed by atoms with E-state index in [0.717, 1.165) is 12.0 Å². The molecule has 2 atom stereocenters. The summed E-state index contributed by atoms with van der Waals surface area (Å²) in [5.41, 5.74) is 0. The maximum absolute atomic E-state index is 3.52. The van der Waals surface area contributed by atoms with Gasteiger partial charge in [0.25, 0.3) is 0 Å². The van der Waals surface area contributed by atoms with E-state index in [2.05, 4.69) is 5.32 Å². The van der Waals surface area contributed by atoms with E-state index in [9.17, 15) is 0 Å². The highest BCUT2D eigenvalue weighted by atomic mass is 15.0. The van der Waals surface area contributed by atoms with Crippen LogP contribution in [-0.4, -0.2) is 12.6 Å². The first kappa shape index (κ1) is 4.80. The van der Waals surface area contributed by atoms with Gasteiger partial charge in [0.15, 0.2) is 0 Å². The lowest BCUT2D eigenvalue weighted by Crippen LogP contribution is -2.16. The Bertz CT molecular complexity index is 80.4. The van der Waals surface area contributed by atoms with E-state index in [0.29, 0.717) is 0 Å². The number of rotatable bonds is 0. The van der Waals surface area contributed by atoms with Crippen molar-refractivity contribution < 1.29 is 0 Å². The maximum Gasteiger partial charge on any atom is 0.00991 e. The first-order chi connectivity index (χ1) is 3.97. The van der Waals surface area contributed by atoms with E-state index in [-0.39, 0.29) is 0 Å². The zero-order chi connectivity index (χ0) is 5.40. The van der Waals surface area contributed by atoms with Gasteiger partial charge in [-0.1, -0.05) is 6.42 Å². The summed E-state index contributed by atoms with van der Waals surface area (Å²) in [5.74, 6) is 1.08. The van der Waals surface area contributed by atoms with Crippen LogP contribution >= 0.6 is 0 Å². The molecule has 2 aliphatic rings. The monoisotopic (exact) mass is 111 g/mol. The van der Waals surface area contributed by atoms with Crippen molar-refractivity contribution in [3.05, 3.63) is 0 Å². The summed E-state index contributed by atoms with van der Waals surface area (Å²) in [6.07, 6.45) is 5.85. The zero-order valence-electron chi connectivity index (χ0n) is 5.19. The first-order valence-corrected chi connectivity index (χ1v) is 3.70. The molecule has 2 fully saturated rings. The van der Waals surface area contributed by atoms with Crippen LogP contribution in [0.2, 0.25) is 0 Å². The molecule has 1 saturated heterocycles. The number of hydrogen-bond donors (Lipinski definition) is 1. The quantitative estimate of drug-likeness (QED) is 0.494. The molecule has 0 unspecified atom stereocenters. The maximum atomic E-state index is 3.52. The van der Waals surface area contributed by atoms with Gasteiger partial charge in [-0.25, -0.2) is 0 Å². The Kier molecular flexibility index (Phi) is 1.04. The van der Waals surface area contributed by atoms with Gasteiger partial charge >= 0.3 is 0 Å². The Hall–Kier alpha value is -0.0400. The Morgan fingerprint density at radius 1 is 1.25 bits per heavy atom. The third-order valence-corrected chi connectivity index (χ3v) is 2.33. The second-order valence-corrected chi connectivity index (χ2v) is 3.05. The highest BCUT2D eigenvalue weighted by Gasteiger charge is 2.36. The van der Waals surface area contributed by atoms with Gasteiger partial charge in [0.05, 0.1) is 0 Å². The molecule has 1 N–H and O–H groups in total. The molecule has 0 radical (unpaired) electrons. The summed E-state index contributed by atoms with van der Waals surface area (Å²) in [6, 6.07) is 0.942. The van der Waals surface area contributed by atoms with E-state index in [1.807, 2.05) is 0 Å². The smallest absolute Gasteiger partial charge is 0.00991 e. The van der Waals surface area contributed by atoms with Gasteiger partial charge in [0.1, 0.15) is 0 Å². The normalized spacial score (nSPS) is 45.0. The molecule has 0 aromatic heterocycles. The molecular formula is C7H13N. The van der Waals surface area contributed by atoms with Crippen LogP contribution < -0.4 is 5.32 Å². The molecule has 1 heterocycles. The molecule has 0 aromatic rings. The number of fused-ring (bicyclic) bond motifs is 1. The molecule has 0 aromatic carbocycles. The fourth-order valence-electron chi connectivity index (χ4n) is 1.64. The Labute approximate surface area is 50.5 Å². The van der Waals surface area contributed by atoms with E-state index in [1.54, 1.807) is 0 Å². The van der Waals surface area contributed by atoms with Gasteiger partial charge in [-0.15, -0.1) is 0 Å².